The lowest BCUT2D eigenvalue weighted by Crippen LogP contribution is -2.07. The van der Waals surface area contributed by atoms with Gasteiger partial charge in [-0.25, -0.2) is 0 Å². The lowest BCUT2D eigenvalue weighted by atomic mass is 10.0. The van der Waals surface area contributed by atoms with Crippen LogP contribution in [-0.4, -0.2) is 60.0 Å². The Morgan fingerprint density at radius 2 is 0.305 bits per heavy atom. The second kappa shape index (κ2) is 66.0. The fourth-order valence-electron chi connectivity index (χ4n) is 16.7. The zero-order valence-electron chi connectivity index (χ0n) is 76.3. The number of unbranched alkanes of at least 4 members (excludes halogenated alkanes) is 54. The molecule has 0 fully saturated rings. The minimum atomic E-state index is 0.556. The maximum atomic E-state index is 7.33. The summed E-state index contributed by atoms with van der Waals surface area (Å²) >= 11 is 0. The van der Waals surface area contributed by atoms with Crippen LogP contribution in [-0.2, 0) is 0 Å². The van der Waals surface area contributed by atoms with Crippen molar-refractivity contribution in [3.8, 4) is 34.5 Å². The Morgan fingerprint density at radius 3 is 0.466 bits per heavy atom. The highest BCUT2D eigenvalue weighted by Crippen LogP contribution is 2.49. The Bertz CT molecular complexity index is 3440. The van der Waals surface area contributed by atoms with Gasteiger partial charge in [0.2, 0.25) is 11.5 Å². The molecule has 10 nitrogen and oxygen atoms in total. The number of ether oxygens (including phenoxy) is 6. The summed E-state index contributed by atoms with van der Waals surface area (Å²) in [6.45, 7) is 17.2. The SMILES string of the molecule is CCCCCCCCCCCCOc1c(OCCCCCCCCCCCC)c2cc(c1OCCCCCCCCCCCC)c1cccc(c1)nnc1cccc(c1)c1cc(c(OCCCCCCCCCCCC)c(OCCCCCCCCCCCC)c1OCCCCCCCCCCCC)c1cccc(c1)nnc1cccc2c1. The van der Waals surface area contributed by atoms with Crippen molar-refractivity contribution < 1.29 is 28.4 Å². The van der Waals surface area contributed by atoms with Gasteiger partial charge in [0, 0.05) is 21.5 Å². The summed E-state index contributed by atoms with van der Waals surface area (Å²) in [5.74, 6) is 4.26. The molecule has 12 bridgehead atoms. The van der Waals surface area contributed by atoms with Crippen molar-refractivity contribution in [2.75, 3.05) is 39.6 Å². The van der Waals surface area contributed by atoms with E-state index in [1.807, 2.05) is 0 Å². The first-order valence-electron chi connectivity index (χ1n) is 49.9. The summed E-state index contributed by atoms with van der Waals surface area (Å²) in [5, 5.41) is 28.1. The molecule has 0 amide bonds. The molecule has 118 heavy (non-hydrogen) atoms. The maximum absolute atomic E-state index is 7.33. The molecule has 0 atom stereocenters. The topological polar surface area (TPSA) is 107 Å². The van der Waals surface area contributed by atoms with Gasteiger partial charge in [-0.15, -0.1) is 0 Å². The van der Waals surface area contributed by atoms with Crippen LogP contribution in [0.4, 0.5) is 0 Å². The molecule has 7 aromatic rings. The zero-order chi connectivity index (χ0) is 82.9. The van der Waals surface area contributed by atoms with Crippen LogP contribution in [0.25, 0.3) is 65.2 Å². The van der Waals surface area contributed by atoms with E-state index in [9.17, 15) is 0 Å². The first-order valence-corrected chi connectivity index (χ1v) is 49.9. The molecule has 0 N–H and O–H groups in total. The summed E-state index contributed by atoms with van der Waals surface area (Å²) in [7, 11) is 0. The third kappa shape index (κ3) is 40.8. The van der Waals surface area contributed by atoms with E-state index in [0.29, 0.717) is 51.1 Å². The van der Waals surface area contributed by atoms with Crippen LogP contribution in [0.5, 0.6) is 34.5 Å². The number of rotatable bonds is 72. The van der Waals surface area contributed by atoms with Gasteiger partial charge < -0.3 is 28.4 Å². The number of hydrogen-bond acceptors (Lipinski definition) is 10. The second-order valence-corrected chi connectivity index (χ2v) is 34.7. The van der Waals surface area contributed by atoms with E-state index in [-0.39, 0.29) is 0 Å². The average molecular weight is 1620 g/mol. The highest BCUT2D eigenvalue weighted by Gasteiger charge is 2.24. The van der Waals surface area contributed by atoms with Crippen molar-refractivity contribution in [1.82, 2.24) is 20.4 Å². The second-order valence-electron chi connectivity index (χ2n) is 34.7. The summed E-state index contributed by atoms with van der Waals surface area (Å²) in [6.07, 6.45) is 74.9. The molecular formula is C108H168N4O6. The van der Waals surface area contributed by atoms with Crippen LogP contribution in [0.1, 0.15) is 427 Å². The molecule has 0 aliphatic carbocycles. The minimum absolute atomic E-state index is 0.556. The van der Waals surface area contributed by atoms with Gasteiger partial charge in [0.1, 0.15) is 0 Å². The summed E-state index contributed by atoms with van der Waals surface area (Å²) < 4.78 is 43.9. The number of aromatic nitrogens is 4. The quantitative estimate of drug-likeness (QED) is 0.0342. The van der Waals surface area contributed by atoms with Crippen molar-refractivity contribution >= 4 is 65.2 Å². The molecule has 656 valence electrons. The largest absolute Gasteiger partial charge is 0.489 e. The monoisotopic (exact) mass is 1620 g/mol. The zero-order valence-corrected chi connectivity index (χ0v) is 76.3. The van der Waals surface area contributed by atoms with Gasteiger partial charge in [-0.3, -0.25) is 0 Å². The third-order valence-corrected chi connectivity index (χ3v) is 24.0. The van der Waals surface area contributed by atoms with E-state index < -0.39 is 0 Å². The molecule has 10 heteroatoms. The molecule has 0 radical (unpaired) electrons. The number of nitrogens with zero attached hydrogens (tertiary/aromatic N) is 4. The minimum Gasteiger partial charge on any atom is -0.489 e. The third-order valence-electron chi connectivity index (χ3n) is 24.0. The first kappa shape index (κ1) is 98.4. The van der Waals surface area contributed by atoms with Crippen molar-refractivity contribution in [1.29, 1.82) is 0 Å². The van der Waals surface area contributed by atoms with Gasteiger partial charge >= 0.3 is 0 Å². The molecule has 0 spiro atoms. The molecule has 1 heterocycles. The van der Waals surface area contributed by atoms with Crippen molar-refractivity contribution in [3.05, 3.63) is 109 Å². The van der Waals surface area contributed by atoms with Crippen LogP contribution in [0.15, 0.2) is 109 Å². The molecule has 0 unspecified atom stereocenters. The predicted octanol–water partition coefficient (Wildman–Crippen LogP) is 34.8. The molecule has 0 saturated carbocycles. The van der Waals surface area contributed by atoms with Crippen LogP contribution in [0.3, 0.4) is 0 Å². The lowest BCUT2D eigenvalue weighted by molar-refractivity contribution is 0.237. The molecular weight excluding hydrogens is 1450 g/mol. The summed E-state index contributed by atoms with van der Waals surface area (Å²) in [5.41, 5.74) is 2.94. The van der Waals surface area contributed by atoms with Gasteiger partial charge in [0.25, 0.3) is 0 Å². The maximum Gasteiger partial charge on any atom is 0.204 e. The van der Waals surface area contributed by atoms with Gasteiger partial charge in [-0.2, -0.15) is 20.4 Å². The predicted molar refractivity (Wildman–Crippen MR) is 511 cm³/mol. The molecule has 6 aromatic carbocycles. The van der Waals surface area contributed by atoms with Crippen LogP contribution in [0.2, 0.25) is 0 Å². The number of fused-ring (bicyclic) bond motifs is 16. The highest BCUT2D eigenvalue weighted by atomic mass is 16.5. The van der Waals surface area contributed by atoms with Crippen LogP contribution < -0.4 is 28.4 Å². The Balaban J connectivity index is 1.41. The van der Waals surface area contributed by atoms with Gasteiger partial charge in [-0.05, 0) is 121 Å². The fraction of sp³-hybridized carbons (Fsp3) is 0.667. The molecule has 7 rings (SSSR count). The molecule has 0 aliphatic heterocycles. The van der Waals surface area contributed by atoms with E-state index in [2.05, 4.69) is 151 Å². The molecule has 1 aromatic heterocycles. The van der Waals surface area contributed by atoms with Gasteiger partial charge in [0.15, 0.2) is 23.0 Å². The number of hydrogen-bond donors (Lipinski definition) is 0. The fourth-order valence-corrected chi connectivity index (χ4v) is 16.7. The Labute approximate surface area is 719 Å². The average Bonchev–Trinajstić information content (AvgIpc) is 0.770. The van der Waals surface area contributed by atoms with Crippen molar-refractivity contribution in [2.45, 2.75) is 427 Å². The standard InChI is InChI=1S/C108H168N4O6/c1-7-13-19-25-31-37-43-49-55-61-79-113-103-99-89-100(104(114-80-62-56-50-44-38-32-26-20-14-8-2)107(103)117-83-65-59-53-47-41-35-29-23-17-11-5)92-72-68-76-96(86-92)111-112-98-78-70-74-94(88-98)102-90-101(93-73-69-77-97(87-93)110-109-95-75-67-71-91(99)85-95)105(115-81-63-57-51-45-39-33-27-21-15-9-3)108(118-84-66-60-54-48-42-36-30-24-18-12-6)106(102)116-82-64-58-52-46-40-34-28-22-16-10-4/h67-78,85-90H,7-66,79-84H2,1-6H3. The van der Waals surface area contributed by atoms with Gasteiger partial charge in [0.05, 0.1) is 61.7 Å². The lowest BCUT2D eigenvalue weighted by Gasteiger charge is -2.20. The van der Waals surface area contributed by atoms with E-state index in [1.165, 1.54) is 308 Å². The Morgan fingerprint density at radius 1 is 0.161 bits per heavy atom. The smallest absolute Gasteiger partial charge is 0.204 e. The van der Waals surface area contributed by atoms with E-state index in [1.54, 1.807) is 0 Å². The van der Waals surface area contributed by atoms with E-state index in [0.717, 1.165) is 165 Å². The van der Waals surface area contributed by atoms with Crippen molar-refractivity contribution in [3.63, 3.8) is 0 Å². The van der Waals surface area contributed by atoms with Crippen LogP contribution in [0, 0.1) is 0 Å². The van der Waals surface area contributed by atoms with E-state index in [4.69, 9.17) is 48.8 Å². The molecule has 0 saturated heterocycles. The Kier molecular flexibility index (Phi) is 55.1. The Hall–Kier alpha value is -6.68. The van der Waals surface area contributed by atoms with Crippen molar-refractivity contribution in [2.24, 2.45) is 0 Å². The summed E-state index contributed by atoms with van der Waals surface area (Å²) in [6, 6.07) is 38.7. The number of benzene rings is 6. The first-order chi connectivity index (χ1) is 58.5. The van der Waals surface area contributed by atoms with Crippen LogP contribution >= 0.6 is 0 Å². The van der Waals surface area contributed by atoms with Gasteiger partial charge in [-0.1, -0.05) is 437 Å². The van der Waals surface area contributed by atoms with E-state index >= 15 is 0 Å². The normalized spacial score (nSPS) is 11.5. The highest BCUT2D eigenvalue weighted by molar-refractivity contribution is 6.04. The molecule has 0 aliphatic rings. The summed E-state index contributed by atoms with van der Waals surface area (Å²) in [4.78, 5) is 0.